The summed E-state index contributed by atoms with van der Waals surface area (Å²) in [5, 5.41) is 3.52. The van der Waals surface area contributed by atoms with Gasteiger partial charge in [0.1, 0.15) is 0 Å². The smallest absolute Gasteiger partial charge is 0.0742 e. The summed E-state index contributed by atoms with van der Waals surface area (Å²) in [6.07, 6.45) is 3.23. The number of ether oxygens (including phenoxy) is 1. The van der Waals surface area contributed by atoms with Crippen molar-refractivity contribution in [3.05, 3.63) is 29.6 Å². The first-order chi connectivity index (χ1) is 8.19. The van der Waals surface area contributed by atoms with E-state index in [-0.39, 0.29) is 12.1 Å². The molecule has 0 aliphatic carbocycles. The second-order valence-electron chi connectivity index (χ2n) is 4.33. The van der Waals surface area contributed by atoms with Crippen molar-refractivity contribution in [1.29, 1.82) is 0 Å². The van der Waals surface area contributed by atoms with Gasteiger partial charge in [0.15, 0.2) is 0 Å². The molecule has 1 N–H and O–H groups in total. The topological polar surface area (TPSA) is 34.2 Å². The minimum atomic E-state index is 0.163. The van der Waals surface area contributed by atoms with Crippen LogP contribution in [0.3, 0.4) is 0 Å². The molecule has 2 unspecified atom stereocenters. The Bertz CT molecular complexity index is 311. The zero-order chi connectivity index (χ0) is 12.7. The van der Waals surface area contributed by atoms with Gasteiger partial charge in [-0.15, -0.1) is 0 Å². The van der Waals surface area contributed by atoms with Gasteiger partial charge in [-0.1, -0.05) is 13.0 Å². The van der Waals surface area contributed by atoms with E-state index in [9.17, 15) is 0 Å². The standard InChI is InChI=1S/C14H24N2O/c1-5-9-15-14(12(4)17-6-2)13-8-7-11(3)16-10-13/h7-8,10,12,14-15H,5-6,9H2,1-4H3. The third-order valence-electron chi connectivity index (χ3n) is 2.81. The number of aromatic nitrogens is 1. The van der Waals surface area contributed by atoms with Crippen molar-refractivity contribution in [3.8, 4) is 0 Å². The summed E-state index contributed by atoms with van der Waals surface area (Å²) >= 11 is 0. The second-order valence-corrected chi connectivity index (χ2v) is 4.33. The fourth-order valence-corrected chi connectivity index (χ4v) is 1.88. The van der Waals surface area contributed by atoms with Gasteiger partial charge < -0.3 is 10.1 Å². The molecule has 1 rings (SSSR count). The molecule has 3 nitrogen and oxygen atoms in total. The molecule has 0 aliphatic heterocycles. The van der Waals surface area contributed by atoms with E-state index in [1.54, 1.807) is 0 Å². The molecule has 0 saturated carbocycles. The average molecular weight is 236 g/mol. The summed E-state index contributed by atoms with van der Waals surface area (Å²) in [5.41, 5.74) is 2.25. The summed E-state index contributed by atoms with van der Waals surface area (Å²) in [4.78, 5) is 4.36. The molecule has 0 aromatic carbocycles. The summed E-state index contributed by atoms with van der Waals surface area (Å²) in [5.74, 6) is 0. The van der Waals surface area contributed by atoms with Gasteiger partial charge in [0.05, 0.1) is 12.1 Å². The number of hydrogen-bond acceptors (Lipinski definition) is 3. The molecule has 1 heterocycles. The first-order valence-corrected chi connectivity index (χ1v) is 6.46. The van der Waals surface area contributed by atoms with E-state index in [1.807, 2.05) is 20.0 Å². The van der Waals surface area contributed by atoms with Crippen LogP contribution in [0.25, 0.3) is 0 Å². The molecule has 0 fully saturated rings. The molecule has 96 valence electrons. The van der Waals surface area contributed by atoms with Gasteiger partial charge in [-0.3, -0.25) is 4.98 Å². The van der Waals surface area contributed by atoms with E-state index in [0.29, 0.717) is 0 Å². The molecule has 2 atom stereocenters. The normalized spacial score (nSPS) is 14.6. The number of nitrogens with one attached hydrogen (secondary N) is 1. The Morgan fingerprint density at radius 1 is 1.35 bits per heavy atom. The van der Waals surface area contributed by atoms with Crippen molar-refractivity contribution in [2.24, 2.45) is 0 Å². The molecule has 0 amide bonds. The first kappa shape index (κ1) is 14.1. The van der Waals surface area contributed by atoms with E-state index < -0.39 is 0 Å². The molecule has 1 aromatic heterocycles. The van der Waals surface area contributed by atoms with Gasteiger partial charge in [0, 0.05) is 18.5 Å². The Kier molecular flexibility index (Phi) is 6.16. The van der Waals surface area contributed by atoms with E-state index in [2.05, 4.69) is 36.3 Å². The maximum Gasteiger partial charge on any atom is 0.0742 e. The quantitative estimate of drug-likeness (QED) is 0.790. The van der Waals surface area contributed by atoms with Crippen molar-refractivity contribution in [1.82, 2.24) is 10.3 Å². The van der Waals surface area contributed by atoms with Crippen LogP contribution >= 0.6 is 0 Å². The Balaban J connectivity index is 2.77. The van der Waals surface area contributed by atoms with Crippen LogP contribution in [0.5, 0.6) is 0 Å². The van der Waals surface area contributed by atoms with Crippen LogP contribution in [0.2, 0.25) is 0 Å². The van der Waals surface area contributed by atoms with Crippen LogP contribution in [0.1, 0.15) is 44.5 Å². The number of pyridine rings is 1. The Morgan fingerprint density at radius 3 is 2.65 bits per heavy atom. The summed E-state index contributed by atoms with van der Waals surface area (Å²) in [6, 6.07) is 4.41. The molecule has 1 aromatic rings. The second kappa shape index (κ2) is 7.41. The zero-order valence-corrected chi connectivity index (χ0v) is 11.4. The fourth-order valence-electron chi connectivity index (χ4n) is 1.88. The lowest BCUT2D eigenvalue weighted by Gasteiger charge is -2.25. The molecular weight excluding hydrogens is 212 g/mol. The summed E-state index contributed by atoms with van der Waals surface area (Å²) in [7, 11) is 0. The third kappa shape index (κ3) is 4.44. The maximum absolute atomic E-state index is 5.70. The Labute approximate surface area is 105 Å². The summed E-state index contributed by atoms with van der Waals surface area (Å²) in [6.45, 7) is 10.0. The van der Waals surface area contributed by atoms with Gasteiger partial charge in [-0.25, -0.2) is 0 Å². The van der Waals surface area contributed by atoms with Crippen LogP contribution in [0.15, 0.2) is 18.3 Å². The molecule has 3 heteroatoms. The van der Waals surface area contributed by atoms with Crippen molar-refractivity contribution in [2.45, 2.75) is 46.3 Å². The highest BCUT2D eigenvalue weighted by Crippen LogP contribution is 2.18. The van der Waals surface area contributed by atoms with Crippen LogP contribution in [0.4, 0.5) is 0 Å². The number of aryl methyl sites for hydroxylation is 1. The molecule has 0 aliphatic rings. The molecule has 0 radical (unpaired) electrons. The summed E-state index contributed by atoms with van der Waals surface area (Å²) < 4.78 is 5.70. The highest BCUT2D eigenvalue weighted by Gasteiger charge is 2.18. The van der Waals surface area contributed by atoms with Crippen LogP contribution in [0, 0.1) is 6.92 Å². The van der Waals surface area contributed by atoms with Crippen LogP contribution in [-0.2, 0) is 4.74 Å². The highest BCUT2D eigenvalue weighted by molar-refractivity contribution is 5.18. The Hall–Kier alpha value is -0.930. The molecule has 17 heavy (non-hydrogen) atoms. The lowest BCUT2D eigenvalue weighted by molar-refractivity contribution is 0.0471. The predicted molar refractivity (Wildman–Crippen MR) is 71.1 cm³/mol. The van der Waals surface area contributed by atoms with Crippen molar-refractivity contribution < 1.29 is 4.74 Å². The molecular formula is C14H24N2O. The predicted octanol–water partition coefficient (Wildman–Crippen LogP) is 2.86. The van der Waals surface area contributed by atoms with Gasteiger partial charge in [-0.05, 0) is 45.4 Å². The lowest BCUT2D eigenvalue weighted by atomic mass is 10.0. The maximum atomic E-state index is 5.70. The number of nitrogens with zero attached hydrogens (tertiary/aromatic N) is 1. The SMILES string of the molecule is CCCNC(c1ccc(C)nc1)C(C)OCC. The minimum Gasteiger partial charge on any atom is -0.377 e. The van der Waals surface area contributed by atoms with Crippen molar-refractivity contribution in [2.75, 3.05) is 13.2 Å². The fraction of sp³-hybridized carbons (Fsp3) is 0.643. The van der Waals surface area contributed by atoms with Gasteiger partial charge in [0.2, 0.25) is 0 Å². The van der Waals surface area contributed by atoms with E-state index in [4.69, 9.17) is 4.74 Å². The van der Waals surface area contributed by atoms with E-state index >= 15 is 0 Å². The van der Waals surface area contributed by atoms with Crippen LogP contribution in [-0.4, -0.2) is 24.2 Å². The van der Waals surface area contributed by atoms with Gasteiger partial charge in [0.25, 0.3) is 0 Å². The average Bonchev–Trinajstić information content (AvgIpc) is 2.32. The monoisotopic (exact) mass is 236 g/mol. The van der Waals surface area contributed by atoms with E-state index in [0.717, 1.165) is 25.3 Å². The third-order valence-corrected chi connectivity index (χ3v) is 2.81. The first-order valence-electron chi connectivity index (χ1n) is 6.46. The van der Waals surface area contributed by atoms with Gasteiger partial charge >= 0.3 is 0 Å². The Morgan fingerprint density at radius 2 is 2.12 bits per heavy atom. The van der Waals surface area contributed by atoms with Crippen molar-refractivity contribution in [3.63, 3.8) is 0 Å². The van der Waals surface area contributed by atoms with Crippen LogP contribution < -0.4 is 5.32 Å². The number of rotatable bonds is 7. The molecule has 0 saturated heterocycles. The van der Waals surface area contributed by atoms with Gasteiger partial charge in [-0.2, -0.15) is 0 Å². The van der Waals surface area contributed by atoms with Crippen molar-refractivity contribution >= 4 is 0 Å². The lowest BCUT2D eigenvalue weighted by Crippen LogP contribution is -2.32. The largest absolute Gasteiger partial charge is 0.377 e. The highest BCUT2D eigenvalue weighted by atomic mass is 16.5. The zero-order valence-electron chi connectivity index (χ0n) is 11.4. The van der Waals surface area contributed by atoms with E-state index in [1.165, 1.54) is 5.56 Å². The number of hydrogen-bond donors (Lipinski definition) is 1. The molecule has 0 bridgehead atoms. The minimum absolute atomic E-state index is 0.163. The molecule has 0 spiro atoms.